The van der Waals surface area contributed by atoms with E-state index in [0.717, 1.165) is 60.6 Å². The second kappa shape index (κ2) is 12.2. The van der Waals surface area contributed by atoms with Crippen LogP contribution in [-0.4, -0.2) is 0 Å². The van der Waals surface area contributed by atoms with Crippen LogP contribution in [0, 0.1) is 0 Å². The molecule has 0 saturated carbocycles. The van der Waals surface area contributed by atoms with E-state index < -0.39 is 5.41 Å². The summed E-state index contributed by atoms with van der Waals surface area (Å²) in [6.07, 6.45) is 0. The van der Waals surface area contributed by atoms with Gasteiger partial charge in [-0.05, 0) is 126 Å². The molecule has 2 aromatic heterocycles. The molecule has 0 saturated heterocycles. The van der Waals surface area contributed by atoms with Crippen molar-refractivity contribution in [2.24, 2.45) is 0 Å². The first-order chi connectivity index (χ1) is 29.2. The zero-order valence-electron chi connectivity index (χ0n) is 31.9. The van der Waals surface area contributed by atoms with Gasteiger partial charge in [-0.25, -0.2) is 0 Å². The molecule has 0 amide bonds. The molecule has 0 N–H and O–H groups in total. The van der Waals surface area contributed by atoms with Crippen molar-refractivity contribution >= 4 is 65.4 Å². The number of hydrogen-bond donors (Lipinski definition) is 0. The molecule has 0 aliphatic heterocycles. The molecular formula is C57H34O2. The lowest BCUT2D eigenvalue weighted by atomic mass is 9.66. The van der Waals surface area contributed by atoms with Crippen molar-refractivity contribution in [3.63, 3.8) is 0 Å². The third-order valence-corrected chi connectivity index (χ3v) is 12.9. The Kier molecular flexibility index (Phi) is 6.68. The van der Waals surface area contributed by atoms with Gasteiger partial charge >= 0.3 is 0 Å². The second-order valence-electron chi connectivity index (χ2n) is 15.9. The second-order valence-corrected chi connectivity index (χ2v) is 15.9. The van der Waals surface area contributed by atoms with Gasteiger partial charge in [0.05, 0.1) is 5.41 Å². The maximum Gasteiger partial charge on any atom is 0.136 e. The highest BCUT2D eigenvalue weighted by atomic mass is 16.3. The molecule has 12 aromatic rings. The molecular weight excluding hydrogens is 717 g/mol. The molecule has 0 radical (unpaired) electrons. The number of fused-ring (bicyclic) bond motifs is 12. The maximum absolute atomic E-state index is 6.58. The van der Waals surface area contributed by atoms with E-state index in [0.29, 0.717) is 0 Å². The SMILES string of the molecule is c1ccc(C2(c3ccccc3)c3ccccc3-c3c(-c4ccc5c(c4)oc4ccccc45)cc4ccc(-c5cccc6oc7cc8ccccc8cc7c56)cc4c32)cc1. The van der Waals surface area contributed by atoms with Gasteiger partial charge in [0.25, 0.3) is 0 Å². The highest BCUT2D eigenvalue weighted by Crippen LogP contribution is 2.61. The lowest BCUT2D eigenvalue weighted by molar-refractivity contribution is 0.669. The summed E-state index contributed by atoms with van der Waals surface area (Å²) in [6.45, 7) is 0. The largest absolute Gasteiger partial charge is 0.456 e. The zero-order valence-corrected chi connectivity index (χ0v) is 31.9. The number of furan rings is 2. The molecule has 0 unspecified atom stereocenters. The molecule has 0 fully saturated rings. The van der Waals surface area contributed by atoms with Crippen LogP contribution in [0.2, 0.25) is 0 Å². The average molecular weight is 751 g/mol. The molecule has 1 aliphatic carbocycles. The van der Waals surface area contributed by atoms with Gasteiger partial charge < -0.3 is 8.83 Å². The first-order valence-corrected chi connectivity index (χ1v) is 20.3. The Balaban J connectivity index is 1.16. The standard InChI is InChI=1S/C57H34O2/c1-3-16-40(17-4-1)57(41-18-5-2-6-19-41)49-23-11-9-21-45(49)55-46(39-28-29-44-43-20-10-12-24-50(43)58-52(44)34-39)31-38-27-26-37(32-47(38)56(55)57)42-22-13-25-51-54(42)48-30-35-14-7-8-15-36(35)33-53(48)59-51/h1-34H. The Labute approximate surface area is 340 Å². The maximum atomic E-state index is 6.58. The summed E-state index contributed by atoms with van der Waals surface area (Å²) < 4.78 is 13.1. The molecule has 274 valence electrons. The summed E-state index contributed by atoms with van der Waals surface area (Å²) in [5.74, 6) is 0. The lowest BCUT2D eigenvalue weighted by Crippen LogP contribution is -2.28. The van der Waals surface area contributed by atoms with Crippen molar-refractivity contribution in [3.05, 3.63) is 229 Å². The van der Waals surface area contributed by atoms with Crippen LogP contribution in [0.4, 0.5) is 0 Å². The molecule has 0 bridgehead atoms. The van der Waals surface area contributed by atoms with Crippen LogP contribution in [-0.2, 0) is 5.41 Å². The molecule has 13 rings (SSSR count). The van der Waals surface area contributed by atoms with Gasteiger partial charge in [0.2, 0.25) is 0 Å². The van der Waals surface area contributed by atoms with Gasteiger partial charge in [-0.3, -0.25) is 0 Å². The van der Waals surface area contributed by atoms with E-state index in [1.54, 1.807) is 0 Å². The van der Waals surface area contributed by atoms with Crippen molar-refractivity contribution in [1.29, 1.82) is 0 Å². The minimum atomic E-state index is -0.599. The number of rotatable bonds is 4. The van der Waals surface area contributed by atoms with E-state index in [4.69, 9.17) is 8.83 Å². The predicted octanol–water partition coefficient (Wildman–Crippen LogP) is 15.5. The highest BCUT2D eigenvalue weighted by molar-refractivity contribution is 6.17. The highest BCUT2D eigenvalue weighted by Gasteiger charge is 2.48. The molecule has 59 heavy (non-hydrogen) atoms. The third-order valence-electron chi connectivity index (χ3n) is 12.9. The molecule has 1 aliphatic rings. The predicted molar refractivity (Wildman–Crippen MR) is 244 cm³/mol. The van der Waals surface area contributed by atoms with Gasteiger partial charge in [0, 0.05) is 21.5 Å². The summed E-state index contributed by atoms with van der Waals surface area (Å²) in [6, 6.07) is 75.3. The summed E-state index contributed by atoms with van der Waals surface area (Å²) in [7, 11) is 0. The molecule has 10 aromatic carbocycles. The van der Waals surface area contributed by atoms with Crippen LogP contribution < -0.4 is 0 Å². The van der Waals surface area contributed by atoms with Gasteiger partial charge in [-0.2, -0.15) is 0 Å². The smallest absolute Gasteiger partial charge is 0.136 e. The van der Waals surface area contributed by atoms with Crippen molar-refractivity contribution < 1.29 is 8.83 Å². The fraction of sp³-hybridized carbons (Fsp3) is 0.0175. The summed E-state index contributed by atoms with van der Waals surface area (Å²) >= 11 is 0. The molecule has 2 heteroatoms. The number of para-hydroxylation sites is 1. The third kappa shape index (κ3) is 4.51. The van der Waals surface area contributed by atoms with E-state index in [1.165, 1.54) is 60.5 Å². The van der Waals surface area contributed by atoms with Crippen LogP contribution in [0.1, 0.15) is 22.3 Å². The van der Waals surface area contributed by atoms with E-state index in [1.807, 2.05) is 6.07 Å². The Morgan fingerprint density at radius 3 is 1.76 bits per heavy atom. The molecule has 0 atom stereocenters. The summed E-state index contributed by atoms with van der Waals surface area (Å²) in [4.78, 5) is 0. The summed E-state index contributed by atoms with van der Waals surface area (Å²) in [5, 5.41) is 9.33. The first-order valence-electron chi connectivity index (χ1n) is 20.3. The van der Waals surface area contributed by atoms with Gasteiger partial charge in [-0.1, -0.05) is 158 Å². The van der Waals surface area contributed by atoms with Crippen molar-refractivity contribution in [1.82, 2.24) is 0 Å². The Morgan fingerprint density at radius 1 is 0.322 bits per heavy atom. The van der Waals surface area contributed by atoms with E-state index in [9.17, 15) is 0 Å². The lowest BCUT2D eigenvalue weighted by Gasteiger charge is -2.35. The molecule has 0 spiro atoms. The van der Waals surface area contributed by atoms with Crippen molar-refractivity contribution in [3.8, 4) is 33.4 Å². The van der Waals surface area contributed by atoms with Crippen molar-refractivity contribution in [2.45, 2.75) is 5.41 Å². The van der Waals surface area contributed by atoms with Crippen LogP contribution in [0.5, 0.6) is 0 Å². The van der Waals surface area contributed by atoms with E-state index in [2.05, 4.69) is 200 Å². The number of benzene rings is 10. The zero-order chi connectivity index (χ0) is 38.7. The summed E-state index contributed by atoms with van der Waals surface area (Å²) in [5.41, 5.74) is 15.2. The van der Waals surface area contributed by atoms with Gasteiger partial charge in [-0.15, -0.1) is 0 Å². The van der Waals surface area contributed by atoms with Crippen LogP contribution in [0.15, 0.2) is 215 Å². The van der Waals surface area contributed by atoms with Crippen LogP contribution >= 0.6 is 0 Å². The number of hydrogen-bond acceptors (Lipinski definition) is 2. The van der Waals surface area contributed by atoms with Crippen molar-refractivity contribution in [2.75, 3.05) is 0 Å². The Bertz CT molecular complexity index is 3620. The van der Waals surface area contributed by atoms with E-state index >= 15 is 0 Å². The Hall–Kier alpha value is -7.68. The average Bonchev–Trinajstić information content (AvgIpc) is 3.96. The minimum Gasteiger partial charge on any atom is -0.456 e. The monoisotopic (exact) mass is 750 g/mol. The Morgan fingerprint density at radius 2 is 0.932 bits per heavy atom. The normalized spacial score (nSPS) is 13.2. The van der Waals surface area contributed by atoms with Crippen LogP contribution in [0.3, 0.4) is 0 Å². The quantitative estimate of drug-likeness (QED) is 0.179. The minimum absolute atomic E-state index is 0.599. The molecule has 2 heterocycles. The topological polar surface area (TPSA) is 26.3 Å². The fourth-order valence-electron chi connectivity index (χ4n) is 10.4. The first kappa shape index (κ1) is 32.4. The van der Waals surface area contributed by atoms with Crippen LogP contribution in [0.25, 0.3) is 98.8 Å². The van der Waals surface area contributed by atoms with E-state index in [-0.39, 0.29) is 0 Å². The molecule has 2 nitrogen and oxygen atoms in total. The van der Waals surface area contributed by atoms with Gasteiger partial charge in [0.1, 0.15) is 22.3 Å². The van der Waals surface area contributed by atoms with Gasteiger partial charge in [0.15, 0.2) is 0 Å². The fourth-order valence-corrected chi connectivity index (χ4v) is 10.4.